The predicted octanol–water partition coefficient (Wildman–Crippen LogP) is 4.79. The summed E-state index contributed by atoms with van der Waals surface area (Å²) >= 11 is 9.22. The molecule has 1 aromatic rings. The number of hydrogen-bond acceptors (Lipinski definition) is 1. The van der Waals surface area contributed by atoms with Gasteiger partial charge in [-0.3, -0.25) is 0 Å². The first-order valence-electron chi connectivity index (χ1n) is 5.38. The predicted molar refractivity (Wildman–Crippen MR) is 69.5 cm³/mol. The van der Waals surface area contributed by atoms with Crippen molar-refractivity contribution in [1.29, 1.82) is 0 Å². The highest BCUT2D eigenvalue weighted by atomic mass is 79.9. The maximum atomic E-state index is 11.9. The lowest BCUT2D eigenvalue weighted by atomic mass is 9.98. The zero-order valence-electron chi connectivity index (χ0n) is 9.51. The van der Waals surface area contributed by atoms with Crippen LogP contribution in [-0.2, 0) is 4.74 Å². The summed E-state index contributed by atoms with van der Waals surface area (Å²) in [6.45, 7) is -1.13. The van der Waals surface area contributed by atoms with Crippen LogP contribution >= 0.6 is 27.5 Å². The highest BCUT2D eigenvalue weighted by Gasteiger charge is 2.27. The van der Waals surface area contributed by atoms with E-state index < -0.39 is 12.8 Å². The Hall–Kier alpha value is -0.260. The molecule has 0 heterocycles. The third-order valence-electron chi connectivity index (χ3n) is 2.38. The van der Waals surface area contributed by atoms with Crippen molar-refractivity contribution in [2.45, 2.75) is 18.5 Å². The average Bonchev–Trinajstić information content (AvgIpc) is 2.27. The monoisotopic (exact) mass is 344 g/mol. The van der Waals surface area contributed by atoms with E-state index in [1.54, 1.807) is 6.07 Å². The van der Waals surface area contributed by atoms with Crippen LogP contribution in [0.15, 0.2) is 24.3 Å². The smallest absolute Gasteiger partial charge is 0.372 e. The largest absolute Gasteiger partial charge is 0.411 e. The number of halogens is 5. The summed E-state index contributed by atoms with van der Waals surface area (Å²) in [5, 5.41) is 1.28. The number of alkyl halides is 4. The molecule has 18 heavy (non-hydrogen) atoms. The van der Waals surface area contributed by atoms with Crippen molar-refractivity contribution in [3.05, 3.63) is 34.9 Å². The fourth-order valence-corrected chi connectivity index (χ4v) is 2.40. The SMILES string of the molecule is FC(F)(F)COCCC(CBr)c1cccc(Cl)c1. The first-order chi connectivity index (χ1) is 8.42. The van der Waals surface area contributed by atoms with Gasteiger partial charge in [0.15, 0.2) is 0 Å². The third kappa shape index (κ3) is 6.07. The van der Waals surface area contributed by atoms with Crippen molar-refractivity contribution in [2.24, 2.45) is 0 Å². The molecule has 0 bridgehead atoms. The Morgan fingerprint density at radius 2 is 2.06 bits per heavy atom. The van der Waals surface area contributed by atoms with Crippen molar-refractivity contribution < 1.29 is 17.9 Å². The molecule has 6 heteroatoms. The number of benzene rings is 1. The molecule has 102 valence electrons. The average molecular weight is 346 g/mol. The van der Waals surface area contributed by atoms with Crippen molar-refractivity contribution in [3.8, 4) is 0 Å². The van der Waals surface area contributed by atoms with E-state index in [1.165, 1.54) is 0 Å². The summed E-state index contributed by atoms with van der Waals surface area (Å²) in [6, 6.07) is 7.30. The lowest BCUT2D eigenvalue weighted by Crippen LogP contribution is -2.18. The lowest BCUT2D eigenvalue weighted by molar-refractivity contribution is -0.174. The molecule has 0 aliphatic carbocycles. The molecule has 0 fully saturated rings. The van der Waals surface area contributed by atoms with Gasteiger partial charge in [0.1, 0.15) is 6.61 Å². The van der Waals surface area contributed by atoms with E-state index in [9.17, 15) is 13.2 Å². The molecule has 0 saturated carbocycles. The maximum Gasteiger partial charge on any atom is 0.411 e. The van der Waals surface area contributed by atoms with Gasteiger partial charge in [0.05, 0.1) is 0 Å². The minimum atomic E-state index is -4.26. The number of hydrogen-bond donors (Lipinski definition) is 0. The van der Waals surface area contributed by atoms with Gasteiger partial charge in [-0.05, 0) is 30.0 Å². The molecule has 1 aromatic carbocycles. The van der Waals surface area contributed by atoms with Gasteiger partial charge in [0.2, 0.25) is 0 Å². The summed E-state index contributed by atoms with van der Waals surface area (Å²) in [7, 11) is 0. The Kier molecular flexibility index (Phi) is 6.46. The molecule has 1 rings (SSSR count). The second-order valence-electron chi connectivity index (χ2n) is 3.86. The minimum absolute atomic E-state index is 0.0717. The second kappa shape index (κ2) is 7.36. The third-order valence-corrected chi connectivity index (χ3v) is 3.40. The van der Waals surface area contributed by atoms with E-state index in [0.29, 0.717) is 16.8 Å². The Morgan fingerprint density at radius 1 is 1.33 bits per heavy atom. The molecular formula is C12H13BrClF3O. The zero-order valence-corrected chi connectivity index (χ0v) is 11.9. The molecule has 1 atom stereocenters. The summed E-state index contributed by atoms with van der Waals surface area (Å²) in [4.78, 5) is 0. The molecule has 0 amide bonds. The Balaban J connectivity index is 2.43. The molecule has 1 nitrogen and oxygen atoms in total. The van der Waals surface area contributed by atoms with Gasteiger partial charge < -0.3 is 4.74 Å². The van der Waals surface area contributed by atoms with Gasteiger partial charge >= 0.3 is 6.18 Å². The van der Waals surface area contributed by atoms with Crippen molar-refractivity contribution >= 4 is 27.5 Å². The van der Waals surface area contributed by atoms with Crippen molar-refractivity contribution in [2.75, 3.05) is 18.5 Å². The van der Waals surface area contributed by atoms with E-state index in [2.05, 4.69) is 20.7 Å². The normalized spacial score (nSPS) is 13.6. The number of ether oxygens (including phenoxy) is 1. The first-order valence-corrected chi connectivity index (χ1v) is 6.88. The number of rotatable bonds is 6. The molecule has 0 aliphatic heterocycles. The van der Waals surface area contributed by atoms with E-state index in [1.807, 2.05) is 18.2 Å². The second-order valence-corrected chi connectivity index (χ2v) is 4.95. The molecule has 0 radical (unpaired) electrons. The standard InChI is InChI=1S/C12H13BrClF3O/c13-7-10(4-5-18-8-12(15,16)17)9-2-1-3-11(14)6-9/h1-3,6,10H,4-5,7-8H2. The highest BCUT2D eigenvalue weighted by Crippen LogP contribution is 2.25. The van der Waals surface area contributed by atoms with Crippen LogP contribution in [-0.4, -0.2) is 24.7 Å². The first kappa shape index (κ1) is 15.8. The Labute approximate surface area is 117 Å². The highest BCUT2D eigenvalue weighted by molar-refractivity contribution is 9.09. The van der Waals surface area contributed by atoms with Gasteiger partial charge in [0.25, 0.3) is 0 Å². The topological polar surface area (TPSA) is 9.23 Å². The fraction of sp³-hybridized carbons (Fsp3) is 0.500. The van der Waals surface area contributed by atoms with Crippen LogP contribution in [0.4, 0.5) is 13.2 Å². The Bertz CT molecular complexity index is 371. The van der Waals surface area contributed by atoms with E-state index in [4.69, 9.17) is 11.6 Å². The van der Waals surface area contributed by atoms with Crippen LogP contribution < -0.4 is 0 Å². The molecule has 0 aliphatic rings. The van der Waals surface area contributed by atoms with Gasteiger partial charge in [-0.15, -0.1) is 0 Å². The molecule has 0 aromatic heterocycles. The molecule has 0 N–H and O–H groups in total. The molecular weight excluding hydrogens is 332 g/mol. The van der Waals surface area contributed by atoms with E-state index >= 15 is 0 Å². The van der Waals surface area contributed by atoms with Gasteiger partial charge in [-0.25, -0.2) is 0 Å². The summed E-state index contributed by atoms with van der Waals surface area (Å²) < 4.78 is 40.3. The Morgan fingerprint density at radius 3 is 2.61 bits per heavy atom. The van der Waals surface area contributed by atoms with E-state index in [0.717, 1.165) is 5.56 Å². The van der Waals surface area contributed by atoms with Gasteiger partial charge in [-0.2, -0.15) is 13.2 Å². The summed E-state index contributed by atoms with van der Waals surface area (Å²) in [6.07, 6.45) is -3.75. The van der Waals surface area contributed by atoms with Crippen LogP contribution in [0.3, 0.4) is 0 Å². The summed E-state index contributed by atoms with van der Waals surface area (Å²) in [5.41, 5.74) is 0.995. The van der Waals surface area contributed by atoms with Crippen molar-refractivity contribution in [3.63, 3.8) is 0 Å². The van der Waals surface area contributed by atoms with Crippen LogP contribution in [0.25, 0.3) is 0 Å². The van der Waals surface area contributed by atoms with Crippen LogP contribution in [0.5, 0.6) is 0 Å². The molecule has 1 unspecified atom stereocenters. The van der Waals surface area contributed by atoms with Gasteiger partial charge in [-0.1, -0.05) is 39.7 Å². The molecule has 0 spiro atoms. The fourth-order valence-electron chi connectivity index (χ4n) is 1.51. The minimum Gasteiger partial charge on any atom is -0.372 e. The van der Waals surface area contributed by atoms with Crippen molar-refractivity contribution in [1.82, 2.24) is 0 Å². The zero-order chi connectivity index (χ0) is 13.6. The van der Waals surface area contributed by atoms with Crippen LogP contribution in [0, 0.1) is 0 Å². The quantitative estimate of drug-likeness (QED) is 0.532. The van der Waals surface area contributed by atoms with E-state index in [-0.39, 0.29) is 12.5 Å². The summed E-state index contributed by atoms with van der Waals surface area (Å²) in [5.74, 6) is 0.0944. The maximum absolute atomic E-state index is 11.9. The van der Waals surface area contributed by atoms with Crippen LogP contribution in [0.1, 0.15) is 17.9 Å². The van der Waals surface area contributed by atoms with Crippen LogP contribution in [0.2, 0.25) is 5.02 Å². The van der Waals surface area contributed by atoms with Gasteiger partial charge in [0, 0.05) is 17.0 Å². The lowest BCUT2D eigenvalue weighted by Gasteiger charge is -2.15. The molecule has 0 saturated heterocycles.